The molecule has 0 amide bonds. The molecule has 1 unspecified atom stereocenters. The molecule has 102 valence electrons. The molecule has 2 rings (SSSR count). The second-order valence-corrected chi connectivity index (χ2v) is 4.75. The van der Waals surface area contributed by atoms with Crippen molar-refractivity contribution in [3.63, 3.8) is 0 Å². The number of benzene rings is 1. The summed E-state index contributed by atoms with van der Waals surface area (Å²) in [5.41, 5.74) is 1.66. The monoisotopic (exact) mass is 265 g/mol. The van der Waals surface area contributed by atoms with Crippen LogP contribution < -0.4 is 5.32 Å². The number of rotatable bonds is 4. The third kappa shape index (κ3) is 3.17. The third-order valence-electron chi connectivity index (χ3n) is 3.12. The fraction of sp³-hybridized carbons (Fsp3) is 0.357. The van der Waals surface area contributed by atoms with Gasteiger partial charge in [0.1, 0.15) is 11.6 Å². The van der Waals surface area contributed by atoms with E-state index in [1.54, 1.807) is 17.8 Å². The highest BCUT2D eigenvalue weighted by Gasteiger charge is 2.13. The summed E-state index contributed by atoms with van der Waals surface area (Å²) < 4.78 is 29.0. The lowest BCUT2D eigenvalue weighted by atomic mass is 10.0. The molecule has 0 saturated heterocycles. The van der Waals surface area contributed by atoms with Gasteiger partial charge >= 0.3 is 0 Å². The van der Waals surface area contributed by atoms with Gasteiger partial charge in [0.15, 0.2) is 0 Å². The Morgan fingerprint density at radius 2 is 2.05 bits per heavy atom. The van der Waals surface area contributed by atoms with E-state index >= 15 is 0 Å². The zero-order valence-corrected chi connectivity index (χ0v) is 11.2. The highest BCUT2D eigenvalue weighted by molar-refractivity contribution is 5.27. The quantitative estimate of drug-likeness (QED) is 0.921. The van der Waals surface area contributed by atoms with Crippen molar-refractivity contribution in [2.75, 3.05) is 0 Å². The Balaban J connectivity index is 2.07. The van der Waals surface area contributed by atoms with Gasteiger partial charge in [-0.1, -0.05) is 0 Å². The summed E-state index contributed by atoms with van der Waals surface area (Å²) in [5.74, 6) is -0.767. The smallest absolute Gasteiger partial charge is 0.128 e. The van der Waals surface area contributed by atoms with Crippen molar-refractivity contribution >= 4 is 0 Å². The van der Waals surface area contributed by atoms with Crippen molar-refractivity contribution in [3.8, 4) is 0 Å². The first kappa shape index (κ1) is 13.7. The maximum absolute atomic E-state index is 13.8. The zero-order chi connectivity index (χ0) is 14.0. The van der Waals surface area contributed by atoms with E-state index in [0.29, 0.717) is 17.7 Å². The molecule has 0 spiro atoms. The van der Waals surface area contributed by atoms with E-state index in [2.05, 4.69) is 10.4 Å². The number of aromatic nitrogens is 2. The predicted molar refractivity (Wildman–Crippen MR) is 69.6 cm³/mol. The Morgan fingerprint density at radius 3 is 2.68 bits per heavy atom. The SMILES string of the molecule is Cc1cc(F)c(C(C)NCc2cnn(C)c2)cc1F. The van der Waals surface area contributed by atoms with Crippen molar-refractivity contribution in [2.45, 2.75) is 26.4 Å². The Bertz CT molecular complexity index is 578. The van der Waals surface area contributed by atoms with E-state index in [9.17, 15) is 8.78 Å². The molecule has 0 fully saturated rings. The van der Waals surface area contributed by atoms with Crippen molar-refractivity contribution in [3.05, 3.63) is 52.9 Å². The van der Waals surface area contributed by atoms with Crippen LogP contribution in [0, 0.1) is 18.6 Å². The first-order chi connectivity index (χ1) is 8.97. The van der Waals surface area contributed by atoms with E-state index in [0.717, 1.165) is 5.56 Å². The van der Waals surface area contributed by atoms with Crippen LogP contribution in [0.3, 0.4) is 0 Å². The lowest BCUT2D eigenvalue weighted by molar-refractivity contribution is 0.516. The van der Waals surface area contributed by atoms with E-state index in [4.69, 9.17) is 0 Å². The van der Waals surface area contributed by atoms with Crippen LogP contribution in [0.4, 0.5) is 8.78 Å². The van der Waals surface area contributed by atoms with Gasteiger partial charge in [-0.3, -0.25) is 4.68 Å². The topological polar surface area (TPSA) is 29.9 Å². The van der Waals surface area contributed by atoms with Gasteiger partial charge in [-0.15, -0.1) is 0 Å². The minimum absolute atomic E-state index is 0.268. The van der Waals surface area contributed by atoms with Crippen LogP contribution in [0.2, 0.25) is 0 Å². The van der Waals surface area contributed by atoms with Gasteiger partial charge in [-0.05, 0) is 31.5 Å². The fourth-order valence-electron chi connectivity index (χ4n) is 1.94. The van der Waals surface area contributed by atoms with Crippen molar-refractivity contribution in [1.82, 2.24) is 15.1 Å². The lowest BCUT2D eigenvalue weighted by Gasteiger charge is -2.15. The van der Waals surface area contributed by atoms with Crippen LogP contribution >= 0.6 is 0 Å². The summed E-state index contributed by atoms with van der Waals surface area (Å²) in [6, 6.07) is 2.22. The standard InChI is InChI=1S/C14H17F2N3/c1-9-4-14(16)12(5-13(9)15)10(2)17-6-11-7-18-19(3)8-11/h4-5,7-8,10,17H,6H2,1-3H3. The van der Waals surface area contributed by atoms with E-state index < -0.39 is 0 Å². The molecule has 1 heterocycles. The van der Waals surface area contributed by atoms with Gasteiger partial charge in [-0.2, -0.15) is 5.10 Å². The average molecular weight is 265 g/mol. The van der Waals surface area contributed by atoms with Crippen molar-refractivity contribution in [1.29, 1.82) is 0 Å². The van der Waals surface area contributed by atoms with Crippen LogP contribution in [0.5, 0.6) is 0 Å². The minimum Gasteiger partial charge on any atom is -0.306 e. The summed E-state index contributed by atoms with van der Waals surface area (Å²) in [5, 5.41) is 7.21. The third-order valence-corrected chi connectivity index (χ3v) is 3.12. The summed E-state index contributed by atoms with van der Waals surface area (Å²) in [6.45, 7) is 3.92. The minimum atomic E-state index is -0.384. The summed E-state index contributed by atoms with van der Waals surface area (Å²) in [7, 11) is 1.84. The molecule has 0 aliphatic rings. The molecule has 1 aromatic carbocycles. The molecule has 3 nitrogen and oxygen atoms in total. The number of hydrogen-bond acceptors (Lipinski definition) is 2. The van der Waals surface area contributed by atoms with E-state index in [1.807, 2.05) is 20.2 Å². The Morgan fingerprint density at radius 1 is 1.32 bits per heavy atom. The molecular weight excluding hydrogens is 248 g/mol. The van der Waals surface area contributed by atoms with Crippen LogP contribution in [0.1, 0.15) is 29.7 Å². The van der Waals surface area contributed by atoms with Gasteiger partial charge in [0, 0.05) is 37.0 Å². The predicted octanol–water partition coefficient (Wildman–Crippen LogP) is 2.86. The maximum atomic E-state index is 13.8. The van der Waals surface area contributed by atoms with Crippen LogP contribution in [-0.2, 0) is 13.6 Å². The number of nitrogens with zero attached hydrogens (tertiary/aromatic N) is 2. The summed E-state index contributed by atoms with van der Waals surface area (Å²) in [4.78, 5) is 0. The molecule has 0 radical (unpaired) electrons. The average Bonchev–Trinajstić information content (AvgIpc) is 2.77. The largest absolute Gasteiger partial charge is 0.306 e. The van der Waals surface area contributed by atoms with E-state index in [1.165, 1.54) is 12.1 Å². The molecule has 1 aromatic heterocycles. The first-order valence-electron chi connectivity index (χ1n) is 6.14. The molecule has 1 N–H and O–H groups in total. The van der Waals surface area contributed by atoms with Gasteiger partial charge in [0.2, 0.25) is 0 Å². The maximum Gasteiger partial charge on any atom is 0.128 e. The van der Waals surface area contributed by atoms with Gasteiger partial charge in [-0.25, -0.2) is 8.78 Å². The molecule has 5 heteroatoms. The molecular formula is C14H17F2N3. The van der Waals surface area contributed by atoms with Crippen LogP contribution in [-0.4, -0.2) is 9.78 Å². The Kier molecular flexibility index (Phi) is 3.95. The number of nitrogens with one attached hydrogen (secondary N) is 1. The zero-order valence-electron chi connectivity index (χ0n) is 11.2. The molecule has 0 bridgehead atoms. The molecule has 1 atom stereocenters. The summed E-state index contributed by atoms with van der Waals surface area (Å²) >= 11 is 0. The highest BCUT2D eigenvalue weighted by atomic mass is 19.1. The second-order valence-electron chi connectivity index (χ2n) is 4.75. The lowest BCUT2D eigenvalue weighted by Crippen LogP contribution is -2.19. The molecule has 19 heavy (non-hydrogen) atoms. The van der Waals surface area contributed by atoms with Gasteiger partial charge in [0.25, 0.3) is 0 Å². The molecule has 2 aromatic rings. The Labute approximate surface area is 111 Å². The van der Waals surface area contributed by atoms with Crippen LogP contribution in [0.25, 0.3) is 0 Å². The normalized spacial score (nSPS) is 12.7. The van der Waals surface area contributed by atoms with E-state index in [-0.39, 0.29) is 17.7 Å². The highest BCUT2D eigenvalue weighted by Crippen LogP contribution is 2.20. The first-order valence-corrected chi connectivity index (χ1v) is 6.14. The van der Waals surface area contributed by atoms with Crippen molar-refractivity contribution < 1.29 is 8.78 Å². The number of halogens is 2. The van der Waals surface area contributed by atoms with Crippen molar-refractivity contribution in [2.24, 2.45) is 7.05 Å². The second kappa shape index (κ2) is 5.48. The number of aryl methyl sites for hydroxylation is 2. The molecule has 0 aliphatic carbocycles. The number of hydrogen-bond donors (Lipinski definition) is 1. The summed E-state index contributed by atoms with van der Waals surface area (Å²) in [6.07, 6.45) is 3.62. The van der Waals surface area contributed by atoms with Gasteiger partial charge in [0.05, 0.1) is 6.20 Å². The molecule has 0 aliphatic heterocycles. The molecule has 0 saturated carbocycles. The fourth-order valence-corrected chi connectivity index (χ4v) is 1.94. The van der Waals surface area contributed by atoms with Crippen LogP contribution in [0.15, 0.2) is 24.5 Å². The van der Waals surface area contributed by atoms with Gasteiger partial charge < -0.3 is 5.32 Å². The Hall–Kier alpha value is -1.75.